The summed E-state index contributed by atoms with van der Waals surface area (Å²) in [6.07, 6.45) is 19.6. The Labute approximate surface area is 91.7 Å². The molecular formula is C12H26P2+2. The highest BCUT2D eigenvalue weighted by atomic mass is 31.1. The van der Waals surface area contributed by atoms with Gasteiger partial charge in [-0.15, -0.1) is 0 Å². The van der Waals surface area contributed by atoms with E-state index in [1.54, 1.807) is 75.5 Å². The molecular weight excluding hydrogens is 206 g/mol. The molecule has 0 saturated carbocycles. The summed E-state index contributed by atoms with van der Waals surface area (Å²) >= 11 is 0. The molecule has 0 aromatic rings. The van der Waals surface area contributed by atoms with Crippen molar-refractivity contribution in [3.63, 3.8) is 0 Å². The van der Waals surface area contributed by atoms with Gasteiger partial charge in [-0.1, -0.05) is 0 Å². The van der Waals surface area contributed by atoms with Crippen LogP contribution in [0, 0.1) is 0 Å². The van der Waals surface area contributed by atoms with E-state index in [9.17, 15) is 0 Å². The molecule has 3 heterocycles. The molecule has 3 aliphatic rings. The zero-order chi connectivity index (χ0) is 9.64. The Balaban J connectivity index is 1.93. The summed E-state index contributed by atoms with van der Waals surface area (Å²) in [5.74, 6) is 0. The number of fused-ring (bicyclic) bond motifs is 9. The smallest absolute Gasteiger partial charge is 0.0160 e. The van der Waals surface area contributed by atoms with Crippen LogP contribution in [0.1, 0.15) is 38.5 Å². The first kappa shape index (κ1) is 11.3. The van der Waals surface area contributed by atoms with E-state index in [1.807, 2.05) is 0 Å². The zero-order valence-corrected chi connectivity index (χ0v) is 11.5. The summed E-state index contributed by atoms with van der Waals surface area (Å²) in [6.45, 7) is 0. The molecule has 0 aliphatic carbocycles. The minimum Gasteiger partial charge on any atom is -0.0160 e. The van der Waals surface area contributed by atoms with E-state index < -0.39 is 0 Å². The fraction of sp³-hybridized carbons (Fsp3) is 1.00. The fourth-order valence-corrected chi connectivity index (χ4v) is 9.00. The molecule has 2 bridgehead atoms. The lowest BCUT2D eigenvalue weighted by Gasteiger charge is -2.18. The topological polar surface area (TPSA) is 0 Å². The van der Waals surface area contributed by atoms with Gasteiger partial charge in [0.15, 0.2) is 0 Å². The van der Waals surface area contributed by atoms with Gasteiger partial charge in [-0.05, 0) is 38.5 Å². The lowest BCUT2D eigenvalue weighted by atomic mass is 10.4. The van der Waals surface area contributed by atoms with Gasteiger partial charge in [-0.2, -0.15) is 0 Å². The van der Waals surface area contributed by atoms with Gasteiger partial charge >= 0.3 is 0 Å². The summed E-state index contributed by atoms with van der Waals surface area (Å²) in [5.41, 5.74) is 0. The van der Waals surface area contributed by atoms with Gasteiger partial charge in [0.05, 0.1) is 37.0 Å². The van der Waals surface area contributed by atoms with Crippen molar-refractivity contribution >= 4 is 15.8 Å². The molecule has 0 nitrogen and oxygen atoms in total. The van der Waals surface area contributed by atoms with Gasteiger partial charge in [-0.3, -0.25) is 0 Å². The first-order valence-corrected chi connectivity index (χ1v) is 10.9. The van der Waals surface area contributed by atoms with Gasteiger partial charge < -0.3 is 0 Å². The maximum Gasteiger partial charge on any atom is 0.0573 e. The van der Waals surface area contributed by atoms with Crippen molar-refractivity contribution in [2.45, 2.75) is 38.5 Å². The lowest BCUT2D eigenvalue weighted by Crippen LogP contribution is -2.06. The summed E-state index contributed by atoms with van der Waals surface area (Å²) in [6, 6.07) is 0. The highest BCUT2D eigenvalue weighted by Gasteiger charge is 2.23. The molecule has 0 unspecified atom stereocenters. The van der Waals surface area contributed by atoms with Crippen LogP contribution in [0.2, 0.25) is 0 Å². The van der Waals surface area contributed by atoms with E-state index >= 15 is 0 Å². The first-order chi connectivity index (χ1) is 6.95. The number of hydrogen-bond acceptors (Lipinski definition) is 0. The highest BCUT2D eigenvalue weighted by Crippen LogP contribution is 2.46. The minimum absolute atomic E-state index is 0.127. The van der Waals surface area contributed by atoms with Crippen molar-refractivity contribution < 1.29 is 0 Å². The second-order valence-corrected chi connectivity index (χ2v) is 11.1. The average molecular weight is 232 g/mol. The van der Waals surface area contributed by atoms with E-state index in [4.69, 9.17) is 0 Å². The van der Waals surface area contributed by atoms with Gasteiger partial charge in [0.25, 0.3) is 0 Å². The molecule has 0 N–H and O–H groups in total. The number of hydrogen-bond donors (Lipinski definition) is 0. The van der Waals surface area contributed by atoms with Crippen molar-refractivity contribution in [1.82, 2.24) is 0 Å². The molecule has 3 rings (SSSR count). The van der Waals surface area contributed by atoms with Crippen LogP contribution in [-0.2, 0) is 0 Å². The second kappa shape index (κ2) is 6.44. The van der Waals surface area contributed by atoms with E-state index in [0.29, 0.717) is 0 Å². The molecule has 0 aromatic carbocycles. The summed E-state index contributed by atoms with van der Waals surface area (Å²) in [4.78, 5) is 0. The van der Waals surface area contributed by atoms with Gasteiger partial charge in [0, 0.05) is 15.8 Å². The Morgan fingerprint density at radius 3 is 0.786 bits per heavy atom. The van der Waals surface area contributed by atoms with Crippen LogP contribution in [-0.4, -0.2) is 37.0 Å². The molecule has 3 saturated heterocycles. The maximum absolute atomic E-state index is 1.67. The molecule has 3 fully saturated rings. The van der Waals surface area contributed by atoms with Crippen LogP contribution in [0.5, 0.6) is 0 Å². The van der Waals surface area contributed by atoms with Gasteiger partial charge in [0.1, 0.15) is 0 Å². The SMILES string of the molecule is C1CC[PH+]2CCCC[PH+](C1)CCCC2. The van der Waals surface area contributed by atoms with Crippen LogP contribution in [0.25, 0.3) is 0 Å². The van der Waals surface area contributed by atoms with Crippen molar-refractivity contribution in [3.8, 4) is 0 Å². The Bertz CT molecular complexity index is 112. The van der Waals surface area contributed by atoms with E-state index in [0.717, 1.165) is 0 Å². The van der Waals surface area contributed by atoms with Gasteiger partial charge in [0.2, 0.25) is 0 Å². The third-order valence-corrected chi connectivity index (χ3v) is 10.3. The molecule has 0 atom stereocenters. The van der Waals surface area contributed by atoms with Crippen LogP contribution in [0.3, 0.4) is 0 Å². The molecule has 14 heavy (non-hydrogen) atoms. The molecule has 3 aliphatic heterocycles. The zero-order valence-electron chi connectivity index (χ0n) is 9.49. The normalized spacial score (nSPS) is 36.0. The predicted octanol–water partition coefficient (Wildman–Crippen LogP) is 3.78. The first-order valence-electron chi connectivity index (χ1n) is 6.62. The third-order valence-electron chi connectivity index (χ3n) is 3.93. The van der Waals surface area contributed by atoms with E-state index in [-0.39, 0.29) is 15.8 Å². The molecule has 0 aromatic heterocycles. The van der Waals surface area contributed by atoms with E-state index in [1.165, 1.54) is 0 Å². The van der Waals surface area contributed by atoms with Crippen LogP contribution in [0.15, 0.2) is 0 Å². The van der Waals surface area contributed by atoms with Crippen LogP contribution >= 0.6 is 15.8 Å². The highest BCUT2D eigenvalue weighted by molar-refractivity contribution is 7.58. The largest absolute Gasteiger partial charge is 0.0573 e. The van der Waals surface area contributed by atoms with Gasteiger partial charge in [-0.25, -0.2) is 0 Å². The second-order valence-electron chi connectivity index (χ2n) is 5.12. The Morgan fingerprint density at radius 2 is 0.571 bits per heavy atom. The standard InChI is InChI=1S/C12H24P2/c1-2-8-14-11-5-3-9-13(7-1)10-4-6-12-14/h1-12H2/p+2. The van der Waals surface area contributed by atoms with Crippen LogP contribution in [0.4, 0.5) is 0 Å². The number of rotatable bonds is 0. The Morgan fingerprint density at radius 1 is 0.357 bits per heavy atom. The third kappa shape index (κ3) is 3.79. The van der Waals surface area contributed by atoms with Crippen molar-refractivity contribution in [2.24, 2.45) is 0 Å². The van der Waals surface area contributed by atoms with Crippen LogP contribution < -0.4 is 0 Å². The fourth-order valence-electron chi connectivity index (χ4n) is 3.00. The minimum atomic E-state index is 0.127. The molecule has 0 amide bonds. The lowest BCUT2D eigenvalue weighted by molar-refractivity contribution is 0.814. The molecule has 0 spiro atoms. The monoisotopic (exact) mass is 232 g/mol. The molecule has 82 valence electrons. The van der Waals surface area contributed by atoms with Crippen molar-refractivity contribution in [3.05, 3.63) is 0 Å². The molecule has 2 heteroatoms. The van der Waals surface area contributed by atoms with Crippen molar-refractivity contribution in [1.29, 1.82) is 0 Å². The van der Waals surface area contributed by atoms with E-state index in [2.05, 4.69) is 0 Å². The quantitative estimate of drug-likeness (QED) is 0.557. The summed E-state index contributed by atoms with van der Waals surface area (Å²) in [7, 11) is 0.255. The average Bonchev–Trinajstić information content (AvgIpc) is 2.25. The summed E-state index contributed by atoms with van der Waals surface area (Å²) < 4.78 is 0. The Kier molecular flexibility index (Phi) is 5.22. The summed E-state index contributed by atoms with van der Waals surface area (Å²) in [5, 5.41) is 0. The maximum atomic E-state index is 1.67. The molecule has 0 radical (unpaired) electrons. The Hall–Kier alpha value is 0.860. The predicted molar refractivity (Wildman–Crippen MR) is 73.5 cm³/mol. The van der Waals surface area contributed by atoms with Crippen molar-refractivity contribution in [2.75, 3.05) is 37.0 Å².